The van der Waals surface area contributed by atoms with Gasteiger partial charge < -0.3 is 4.74 Å². The molecule has 0 spiro atoms. The van der Waals surface area contributed by atoms with Gasteiger partial charge in [-0.2, -0.15) is 18.3 Å². The Morgan fingerprint density at radius 2 is 1.79 bits per heavy atom. The quantitative estimate of drug-likeness (QED) is 0.654. The molecule has 0 fully saturated rings. The van der Waals surface area contributed by atoms with Crippen molar-refractivity contribution < 1.29 is 30.7 Å². The van der Waals surface area contributed by atoms with Gasteiger partial charge in [-0.05, 0) is 42.5 Å². The lowest BCUT2D eigenvalue weighted by Crippen LogP contribution is -2.12. The Morgan fingerprint density at radius 1 is 1.11 bits per heavy atom. The Morgan fingerprint density at radius 3 is 2.39 bits per heavy atom. The summed E-state index contributed by atoms with van der Waals surface area (Å²) in [6, 6.07) is 8.50. The molecule has 2 aromatic carbocycles. The van der Waals surface area contributed by atoms with E-state index in [-0.39, 0.29) is 22.9 Å². The van der Waals surface area contributed by atoms with Crippen LogP contribution in [0, 0.1) is 5.82 Å². The summed E-state index contributed by atoms with van der Waals surface area (Å²) >= 11 is 0. The first-order chi connectivity index (χ1) is 13.1. The van der Waals surface area contributed by atoms with Crippen LogP contribution in [-0.2, 0) is 22.8 Å². The van der Waals surface area contributed by atoms with E-state index in [4.69, 9.17) is 9.88 Å². The Bertz CT molecular complexity index is 1190. The van der Waals surface area contributed by atoms with Crippen LogP contribution in [0.1, 0.15) is 11.3 Å². The molecule has 3 aromatic rings. The molecule has 2 N–H and O–H groups in total. The standard InChI is InChI=1S/C17H11F4N3O3S/c18-10-1-6-13-9(7-10)8-27-15-14(13)24(23-16(15)17(19,20)21)11-2-4-12(5-3-11)28(22,25)26/h1-7H,8H2,(H2,22,25,26). The number of fused-ring (bicyclic) bond motifs is 3. The zero-order chi connectivity index (χ0) is 20.3. The second-order valence-corrected chi connectivity index (χ2v) is 7.63. The van der Waals surface area contributed by atoms with Crippen molar-refractivity contribution in [3.63, 3.8) is 0 Å². The van der Waals surface area contributed by atoms with E-state index in [1.54, 1.807) is 0 Å². The molecule has 0 saturated heterocycles. The minimum absolute atomic E-state index is 0.00284. The first kappa shape index (κ1) is 18.4. The summed E-state index contributed by atoms with van der Waals surface area (Å²) in [5, 5.41) is 8.68. The Hall–Kier alpha value is -2.92. The minimum atomic E-state index is -4.78. The van der Waals surface area contributed by atoms with Gasteiger partial charge in [-0.15, -0.1) is 0 Å². The highest BCUT2D eigenvalue weighted by atomic mass is 32.2. The van der Waals surface area contributed by atoms with Crippen molar-refractivity contribution in [2.75, 3.05) is 0 Å². The molecule has 6 nitrogen and oxygen atoms in total. The number of aromatic nitrogens is 2. The van der Waals surface area contributed by atoms with E-state index in [2.05, 4.69) is 5.10 Å². The molecule has 4 rings (SSSR count). The number of nitrogens with zero attached hydrogens (tertiary/aromatic N) is 2. The fraction of sp³-hybridized carbons (Fsp3) is 0.118. The minimum Gasteiger partial charge on any atom is -0.484 e. The van der Waals surface area contributed by atoms with Crippen molar-refractivity contribution in [2.24, 2.45) is 5.14 Å². The molecule has 0 amide bonds. The number of nitrogens with two attached hydrogens (primary N) is 1. The maximum atomic E-state index is 13.5. The lowest BCUT2D eigenvalue weighted by molar-refractivity contribution is -0.142. The maximum absolute atomic E-state index is 13.5. The number of hydrogen-bond acceptors (Lipinski definition) is 4. The van der Waals surface area contributed by atoms with E-state index in [1.165, 1.54) is 24.3 Å². The lowest BCUT2D eigenvalue weighted by Gasteiger charge is -2.20. The number of alkyl halides is 3. The fourth-order valence-corrected chi connectivity index (χ4v) is 3.50. The molecular weight excluding hydrogens is 402 g/mol. The highest BCUT2D eigenvalue weighted by Crippen LogP contribution is 2.46. The highest BCUT2D eigenvalue weighted by molar-refractivity contribution is 7.89. The molecule has 1 aromatic heterocycles. The van der Waals surface area contributed by atoms with Crippen molar-refractivity contribution in [1.29, 1.82) is 0 Å². The fourth-order valence-electron chi connectivity index (χ4n) is 2.99. The third-order valence-electron chi connectivity index (χ3n) is 4.21. The third-order valence-corrected chi connectivity index (χ3v) is 5.14. The lowest BCUT2D eigenvalue weighted by atomic mass is 10.0. The SMILES string of the molecule is NS(=O)(=O)c1ccc(-n2nc(C(F)(F)F)c3c2-c2ccc(F)cc2CO3)cc1. The van der Waals surface area contributed by atoms with E-state index < -0.39 is 33.5 Å². The molecular formula is C17H11F4N3O3S. The zero-order valence-corrected chi connectivity index (χ0v) is 14.7. The van der Waals surface area contributed by atoms with Gasteiger partial charge in [-0.25, -0.2) is 22.6 Å². The molecule has 0 atom stereocenters. The first-order valence-electron chi connectivity index (χ1n) is 7.81. The molecule has 1 aliphatic heterocycles. The average molecular weight is 413 g/mol. The van der Waals surface area contributed by atoms with E-state index in [0.717, 1.165) is 22.9 Å². The molecule has 1 aliphatic rings. The largest absolute Gasteiger partial charge is 0.484 e. The monoisotopic (exact) mass is 413 g/mol. The topological polar surface area (TPSA) is 87.2 Å². The van der Waals surface area contributed by atoms with Gasteiger partial charge in [0.2, 0.25) is 15.7 Å². The summed E-state index contributed by atoms with van der Waals surface area (Å²) in [5.74, 6) is -1.02. The molecule has 0 aliphatic carbocycles. The number of benzene rings is 2. The van der Waals surface area contributed by atoms with Gasteiger partial charge in [0, 0.05) is 11.1 Å². The number of ether oxygens (including phenoxy) is 1. The van der Waals surface area contributed by atoms with Crippen molar-refractivity contribution >= 4 is 10.0 Å². The molecule has 0 bridgehead atoms. The summed E-state index contributed by atoms with van der Waals surface area (Å²) in [6.45, 7) is -0.237. The van der Waals surface area contributed by atoms with Crippen LogP contribution in [0.4, 0.5) is 17.6 Å². The zero-order valence-electron chi connectivity index (χ0n) is 13.9. The molecule has 2 heterocycles. The summed E-state index contributed by atoms with van der Waals surface area (Å²) < 4.78 is 82.9. The number of primary sulfonamides is 1. The normalized spacial score (nSPS) is 13.6. The van der Waals surface area contributed by atoms with Crippen molar-refractivity contribution in [3.05, 3.63) is 59.5 Å². The molecule has 28 heavy (non-hydrogen) atoms. The molecule has 0 saturated carbocycles. The molecule has 11 heteroatoms. The van der Waals surface area contributed by atoms with Gasteiger partial charge >= 0.3 is 6.18 Å². The van der Waals surface area contributed by atoms with Crippen LogP contribution < -0.4 is 9.88 Å². The summed E-state index contributed by atoms with van der Waals surface area (Å²) in [4.78, 5) is -0.202. The predicted molar refractivity (Wildman–Crippen MR) is 89.7 cm³/mol. The van der Waals surface area contributed by atoms with Crippen LogP contribution in [0.15, 0.2) is 47.4 Å². The maximum Gasteiger partial charge on any atom is 0.438 e. The number of hydrogen-bond donors (Lipinski definition) is 1. The molecule has 0 unspecified atom stereocenters. The van der Waals surface area contributed by atoms with E-state index in [9.17, 15) is 26.0 Å². The van der Waals surface area contributed by atoms with Crippen molar-refractivity contribution in [3.8, 4) is 22.7 Å². The predicted octanol–water partition coefficient (Wildman–Crippen LogP) is 3.24. The van der Waals surface area contributed by atoms with E-state index in [0.29, 0.717) is 11.1 Å². The Balaban J connectivity index is 1.96. The van der Waals surface area contributed by atoms with Crippen molar-refractivity contribution in [2.45, 2.75) is 17.7 Å². The Kier molecular flexibility index (Phi) is 3.98. The second-order valence-electron chi connectivity index (χ2n) is 6.06. The van der Waals surface area contributed by atoms with Gasteiger partial charge in [0.1, 0.15) is 18.1 Å². The Labute approximate surface area is 156 Å². The summed E-state index contributed by atoms with van der Waals surface area (Å²) in [7, 11) is -3.97. The van der Waals surface area contributed by atoms with Gasteiger partial charge in [0.25, 0.3) is 0 Å². The van der Waals surface area contributed by atoms with Crippen LogP contribution in [-0.4, -0.2) is 18.2 Å². The van der Waals surface area contributed by atoms with E-state index in [1.807, 2.05) is 0 Å². The van der Waals surface area contributed by atoms with Crippen LogP contribution in [0.25, 0.3) is 16.9 Å². The van der Waals surface area contributed by atoms with Gasteiger partial charge in [0.15, 0.2) is 5.75 Å². The average Bonchev–Trinajstić information content (AvgIpc) is 3.01. The van der Waals surface area contributed by atoms with Gasteiger partial charge in [0.05, 0.1) is 10.6 Å². The van der Waals surface area contributed by atoms with Crippen LogP contribution >= 0.6 is 0 Å². The first-order valence-corrected chi connectivity index (χ1v) is 9.35. The van der Waals surface area contributed by atoms with Crippen LogP contribution in [0.2, 0.25) is 0 Å². The van der Waals surface area contributed by atoms with Crippen LogP contribution in [0.5, 0.6) is 5.75 Å². The third kappa shape index (κ3) is 3.02. The highest BCUT2D eigenvalue weighted by Gasteiger charge is 2.42. The van der Waals surface area contributed by atoms with Crippen LogP contribution in [0.3, 0.4) is 0 Å². The summed E-state index contributed by atoms with van der Waals surface area (Å²) in [5.41, 5.74) is -0.380. The second kappa shape index (κ2) is 6.04. The summed E-state index contributed by atoms with van der Waals surface area (Å²) in [6.07, 6.45) is -4.78. The molecule has 0 radical (unpaired) electrons. The van der Waals surface area contributed by atoms with Gasteiger partial charge in [-0.1, -0.05) is 0 Å². The molecule has 146 valence electrons. The number of halogens is 4. The smallest absolute Gasteiger partial charge is 0.438 e. The van der Waals surface area contributed by atoms with Crippen molar-refractivity contribution in [1.82, 2.24) is 9.78 Å². The number of sulfonamides is 1. The number of rotatable bonds is 2. The van der Waals surface area contributed by atoms with E-state index >= 15 is 0 Å². The van der Waals surface area contributed by atoms with Gasteiger partial charge in [-0.3, -0.25) is 0 Å².